The van der Waals surface area contributed by atoms with Crippen molar-refractivity contribution in [3.05, 3.63) is 42.0 Å². The molecule has 1 atom stereocenters. The molecule has 0 radical (unpaired) electrons. The Hall–Kier alpha value is -2.31. The number of nitrogens with zero attached hydrogens (tertiary/aromatic N) is 5. The van der Waals surface area contributed by atoms with Gasteiger partial charge >= 0.3 is 0 Å². The van der Waals surface area contributed by atoms with Crippen molar-refractivity contribution in [2.45, 2.75) is 18.9 Å². The van der Waals surface area contributed by atoms with Crippen LogP contribution in [-0.4, -0.2) is 44.1 Å². The second-order valence-corrected chi connectivity index (χ2v) is 4.88. The number of amides is 1. The van der Waals surface area contributed by atoms with E-state index >= 15 is 0 Å². The lowest BCUT2D eigenvalue weighted by Crippen LogP contribution is -2.31. The number of likely N-dealkylation sites (tertiary alicyclic amines) is 1. The van der Waals surface area contributed by atoms with Crippen molar-refractivity contribution in [1.82, 2.24) is 25.1 Å². The van der Waals surface area contributed by atoms with Crippen LogP contribution in [0.5, 0.6) is 0 Å². The molecule has 1 fully saturated rings. The molecular formula is C13H14FN5O. The fourth-order valence-electron chi connectivity index (χ4n) is 2.49. The molecule has 20 heavy (non-hydrogen) atoms. The highest BCUT2D eigenvalue weighted by atomic mass is 19.1. The van der Waals surface area contributed by atoms with Gasteiger partial charge in [-0.25, -0.2) is 9.07 Å². The van der Waals surface area contributed by atoms with Gasteiger partial charge in [0.15, 0.2) is 0 Å². The average molecular weight is 275 g/mol. The highest BCUT2D eigenvalue weighted by Crippen LogP contribution is 2.27. The molecule has 1 amide bonds. The summed E-state index contributed by atoms with van der Waals surface area (Å²) in [6.07, 6.45) is 2.32. The number of carbonyl (C=O) groups excluding carboxylic acids is 1. The van der Waals surface area contributed by atoms with Gasteiger partial charge in [0.05, 0.1) is 0 Å². The molecule has 7 heteroatoms. The van der Waals surface area contributed by atoms with Gasteiger partial charge in [-0.3, -0.25) is 4.79 Å². The van der Waals surface area contributed by atoms with Crippen LogP contribution < -0.4 is 0 Å². The van der Waals surface area contributed by atoms with Crippen molar-refractivity contribution in [2.24, 2.45) is 0 Å². The van der Waals surface area contributed by atoms with Gasteiger partial charge in [-0.05, 0) is 34.5 Å². The summed E-state index contributed by atoms with van der Waals surface area (Å²) in [7, 11) is 0. The normalized spacial score (nSPS) is 18.4. The van der Waals surface area contributed by atoms with Crippen molar-refractivity contribution < 1.29 is 9.18 Å². The number of tetrazole rings is 1. The van der Waals surface area contributed by atoms with Crippen molar-refractivity contribution >= 4 is 5.91 Å². The number of benzene rings is 1. The summed E-state index contributed by atoms with van der Waals surface area (Å²) in [4.78, 5) is 13.9. The van der Waals surface area contributed by atoms with Crippen LogP contribution in [0.1, 0.15) is 17.9 Å². The zero-order valence-corrected chi connectivity index (χ0v) is 10.8. The quantitative estimate of drug-likeness (QED) is 0.832. The maximum atomic E-state index is 12.9. The van der Waals surface area contributed by atoms with Crippen LogP contribution >= 0.6 is 0 Å². The summed E-state index contributed by atoms with van der Waals surface area (Å²) >= 11 is 0. The molecule has 0 bridgehead atoms. The number of aromatic nitrogens is 4. The van der Waals surface area contributed by atoms with E-state index in [4.69, 9.17) is 0 Å². The predicted octanol–water partition coefficient (Wildman–Crippen LogP) is 0.828. The maximum absolute atomic E-state index is 12.9. The third kappa shape index (κ3) is 2.66. The molecular weight excluding hydrogens is 261 g/mol. The van der Waals surface area contributed by atoms with Crippen LogP contribution in [0.25, 0.3) is 0 Å². The van der Waals surface area contributed by atoms with Crippen LogP contribution in [-0.2, 0) is 11.3 Å². The zero-order chi connectivity index (χ0) is 13.9. The van der Waals surface area contributed by atoms with E-state index in [1.54, 1.807) is 17.0 Å². The first-order valence-electron chi connectivity index (χ1n) is 6.46. The standard InChI is InChI=1S/C13H14FN5O/c14-12-3-1-10(2-4-12)11-5-6-18(7-11)13(20)8-19-9-15-16-17-19/h1-4,9,11H,5-8H2/t11-/m1/s1. The van der Waals surface area contributed by atoms with Gasteiger partial charge < -0.3 is 4.90 Å². The fourth-order valence-corrected chi connectivity index (χ4v) is 2.49. The molecule has 2 heterocycles. The van der Waals surface area contributed by atoms with Gasteiger partial charge in [0.1, 0.15) is 18.7 Å². The highest BCUT2D eigenvalue weighted by Gasteiger charge is 2.27. The molecule has 1 aromatic carbocycles. The average Bonchev–Trinajstić information content (AvgIpc) is 3.10. The first-order valence-corrected chi connectivity index (χ1v) is 6.46. The van der Waals surface area contributed by atoms with Crippen LogP contribution in [0, 0.1) is 5.82 Å². The second kappa shape index (κ2) is 5.36. The minimum atomic E-state index is -0.238. The molecule has 0 N–H and O–H groups in total. The first-order chi connectivity index (χ1) is 9.72. The molecule has 1 saturated heterocycles. The number of carbonyl (C=O) groups is 1. The van der Waals surface area contributed by atoms with Gasteiger partial charge in [-0.15, -0.1) is 5.10 Å². The minimum Gasteiger partial charge on any atom is -0.340 e. The van der Waals surface area contributed by atoms with Crippen LogP contribution in [0.15, 0.2) is 30.6 Å². The number of hydrogen-bond acceptors (Lipinski definition) is 4. The van der Waals surface area contributed by atoms with Crippen LogP contribution in [0.4, 0.5) is 4.39 Å². The smallest absolute Gasteiger partial charge is 0.244 e. The van der Waals surface area contributed by atoms with Gasteiger partial charge in [-0.2, -0.15) is 0 Å². The maximum Gasteiger partial charge on any atom is 0.244 e. The zero-order valence-electron chi connectivity index (χ0n) is 10.8. The van der Waals surface area contributed by atoms with Gasteiger partial charge in [0, 0.05) is 19.0 Å². The Morgan fingerprint density at radius 1 is 1.35 bits per heavy atom. The van der Waals surface area contributed by atoms with Gasteiger partial charge in [0.2, 0.25) is 5.91 Å². The van der Waals surface area contributed by atoms with Crippen LogP contribution in [0.2, 0.25) is 0 Å². The summed E-state index contributed by atoms with van der Waals surface area (Å²) in [5.41, 5.74) is 1.07. The molecule has 0 aliphatic carbocycles. The molecule has 1 aliphatic rings. The molecule has 0 saturated carbocycles. The van der Waals surface area contributed by atoms with Crippen molar-refractivity contribution in [3.8, 4) is 0 Å². The van der Waals surface area contributed by atoms with Crippen molar-refractivity contribution in [3.63, 3.8) is 0 Å². The predicted molar refractivity (Wildman–Crippen MR) is 68.2 cm³/mol. The van der Waals surface area contributed by atoms with E-state index in [-0.39, 0.29) is 24.2 Å². The third-order valence-corrected chi connectivity index (χ3v) is 3.57. The summed E-state index contributed by atoms with van der Waals surface area (Å²) in [5, 5.41) is 10.7. The Kier molecular flexibility index (Phi) is 3.41. The number of rotatable bonds is 3. The monoisotopic (exact) mass is 275 g/mol. The van der Waals surface area contributed by atoms with Crippen molar-refractivity contribution in [2.75, 3.05) is 13.1 Å². The fraction of sp³-hybridized carbons (Fsp3) is 0.385. The van der Waals surface area contributed by atoms with E-state index in [2.05, 4.69) is 15.5 Å². The molecule has 1 aromatic heterocycles. The van der Waals surface area contributed by atoms with Gasteiger partial charge in [-0.1, -0.05) is 12.1 Å². The van der Waals surface area contributed by atoms with Crippen molar-refractivity contribution in [1.29, 1.82) is 0 Å². The summed E-state index contributed by atoms with van der Waals surface area (Å²) in [6, 6.07) is 6.49. The number of hydrogen-bond donors (Lipinski definition) is 0. The topological polar surface area (TPSA) is 63.9 Å². The largest absolute Gasteiger partial charge is 0.340 e. The Morgan fingerprint density at radius 2 is 2.15 bits per heavy atom. The summed E-state index contributed by atoms with van der Waals surface area (Å²) in [5.74, 6) is 0.0358. The Labute approximate surface area is 115 Å². The molecule has 0 unspecified atom stereocenters. The Morgan fingerprint density at radius 3 is 2.85 bits per heavy atom. The lowest BCUT2D eigenvalue weighted by Gasteiger charge is -2.16. The van der Waals surface area contributed by atoms with E-state index in [0.717, 1.165) is 12.0 Å². The van der Waals surface area contributed by atoms with Crippen LogP contribution in [0.3, 0.4) is 0 Å². The number of halogens is 1. The molecule has 1 aliphatic heterocycles. The lowest BCUT2D eigenvalue weighted by atomic mass is 9.99. The molecule has 104 valence electrons. The van der Waals surface area contributed by atoms with Gasteiger partial charge in [0.25, 0.3) is 0 Å². The van der Waals surface area contributed by atoms with E-state index in [1.807, 2.05) is 0 Å². The molecule has 2 aromatic rings. The summed E-state index contributed by atoms with van der Waals surface area (Å²) < 4.78 is 14.3. The highest BCUT2D eigenvalue weighted by molar-refractivity contribution is 5.76. The first kappa shape index (κ1) is 12.7. The minimum absolute atomic E-state index is 0.00177. The Bertz CT molecular complexity index is 583. The van der Waals surface area contributed by atoms with E-state index in [1.165, 1.54) is 23.1 Å². The molecule has 3 rings (SSSR count). The molecule has 0 spiro atoms. The Balaban J connectivity index is 1.61. The lowest BCUT2D eigenvalue weighted by molar-refractivity contribution is -0.131. The van der Waals surface area contributed by atoms with E-state index in [0.29, 0.717) is 13.1 Å². The third-order valence-electron chi connectivity index (χ3n) is 3.57. The second-order valence-electron chi connectivity index (χ2n) is 4.88. The molecule has 6 nitrogen and oxygen atoms in total. The van der Waals surface area contributed by atoms with E-state index in [9.17, 15) is 9.18 Å². The van der Waals surface area contributed by atoms with E-state index < -0.39 is 0 Å². The SMILES string of the molecule is O=C(Cn1cnnn1)N1CC[C@@H](c2ccc(F)cc2)C1. The summed E-state index contributed by atoms with van der Waals surface area (Å²) in [6.45, 7) is 1.53.